The number of halogens is 5. The summed E-state index contributed by atoms with van der Waals surface area (Å²) in [4.78, 5) is 0. The van der Waals surface area contributed by atoms with E-state index in [4.69, 9.17) is 2.51 Å². The van der Waals surface area contributed by atoms with Crippen molar-refractivity contribution in [3.05, 3.63) is 135 Å². The Morgan fingerprint density at radius 2 is 0.905 bits per heavy atom. The van der Waals surface area contributed by atoms with E-state index in [0.29, 0.717) is 7.14 Å². The second-order valence-electron chi connectivity index (χ2n) is 11.8. The van der Waals surface area contributed by atoms with E-state index in [1.165, 1.54) is 0 Å². The number of rotatable bonds is 7. The Bertz CT molecular complexity index is 1500. The van der Waals surface area contributed by atoms with Gasteiger partial charge in [0.25, 0.3) is 0 Å². The van der Waals surface area contributed by atoms with E-state index >= 15 is 0 Å². The zero-order valence-corrected chi connectivity index (χ0v) is 29.5. The van der Waals surface area contributed by atoms with E-state index in [0.717, 1.165) is 18.3 Å². The third-order valence-electron chi connectivity index (χ3n) is 6.49. The van der Waals surface area contributed by atoms with Crippen LogP contribution in [0.1, 0.15) is 52.7 Å². The average Bonchev–Trinajstić information content (AvgIpc) is 2.92. The first kappa shape index (κ1) is 32.9. The molecule has 3 nitrogen and oxygen atoms in total. The van der Waals surface area contributed by atoms with Crippen LogP contribution in [0.5, 0.6) is 0 Å². The summed E-state index contributed by atoms with van der Waals surface area (Å²) in [6, 6.07) is 33.3. The van der Waals surface area contributed by atoms with Gasteiger partial charge >= 0.3 is 257 Å². The van der Waals surface area contributed by atoms with Crippen LogP contribution >= 0.6 is 0 Å². The van der Waals surface area contributed by atoms with Gasteiger partial charge in [-0.2, -0.15) is 0 Å². The summed E-state index contributed by atoms with van der Waals surface area (Å²) in [6.45, 7) is 12.6. The third kappa shape index (κ3) is 6.89. The van der Waals surface area contributed by atoms with E-state index in [-0.39, 0.29) is 10.8 Å². The van der Waals surface area contributed by atoms with E-state index < -0.39 is 46.3 Å². The predicted octanol–water partition coefficient (Wildman–Crippen LogP) is 2.54. The van der Waals surface area contributed by atoms with Crippen molar-refractivity contribution in [2.24, 2.45) is 0 Å². The molecule has 9 heteroatoms. The second kappa shape index (κ2) is 12.2. The minimum absolute atomic E-state index is 0.140. The molecule has 0 unspecified atom stereocenters. The molecule has 0 saturated heterocycles. The normalized spacial score (nSPS) is 13.8. The molecule has 4 aromatic rings. The van der Waals surface area contributed by atoms with E-state index in [1.807, 2.05) is 48.5 Å². The van der Waals surface area contributed by atoms with Crippen LogP contribution in [0.2, 0.25) is 0 Å². The number of hydrogen-bond acceptors (Lipinski definition) is 3. The van der Waals surface area contributed by atoms with Gasteiger partial charge in [0.05, 0.1) is 0 Å². The molecule has 4 rings (SSSR count). The van der Waals surface area contributed by atoms with Crippen LogP contribution in [-0.2, 0) is 23.5 Å². The molecule has 0 aliphatic carbocycles. The van der Waals surface area contributed by atoms with E-state index in [9.17, 15) is 21.6 Å². The molecule has 42 heavy (non-hydrogen) atoms. The molecule has 0 saturated carbocycles. The Hall–Kier alpha value is -1.96. The van der Waals surface area contributed by atoms with Gasteiger partial charge in [-0.1, -0.05) is 0 Å². The zero-order valence-electron chi connectivity index (χ0n) is 24.4. The fraction of sp³-hybridized carbons (Fsp3) is 0.273. The maximum atomic E-state index is 14.2. The Labute approximate surface area is 255 Å². The summed E-state index contributed by atoms with van der Waals surface area (Å²) in [7, 11) is -5.96. The van der Waals surface area contributed by atoms with Crippen LogP contribution in [0.25, 0.3) is 0 Å². The Morgan fingerprint density at radius 3 is 1.19 bits per heavy atom. The van der Waals surface area contributed by atoms with Gasteiger partial charge in [-0.15, -0.1) is 0 Å². The summed E-state index contributed by atoms with van der Waals surface area (Å²) in [5.41, 5.74) is -3.70. The number of alkyl halides is 3. The van der Waals surface area contributed by atoms with Gasteiger partial charge in [0.1, 0.15) is 0 Å². The molecule has 0 fully saturated rings. The molecule has 0 aromatic heterocycles. The van der Waals surface area contributed by atoms with Crippen LogP contribution < -0.4 is 30.7 Å². The van der Waals surface area contributed by atoms with E-state index in [2.05, 4.69) is 41.5 Å². The molecule has 0 aliphatic rings. The molecule has 0 heterocycles. The molecule has 0 atom stereocenters. The van der Waals surface area contributed by atoms with Crippen molar-refractivity contribution in [3.63, 3.8) is 0 Å². The summed E-state index contributed by atoms with van der Waals surface area (Å²) >= 11 is -8.01. The molecule has 0 bridgehead atoms. The van der Waals surface area contributed by atoms with Gasteiger partial charge in [0, 0.05) is 0 Å². The van der Waals surface area contributed by atoms with Crippen molar-refractivity contribution in [2.75, 3.05) is 0 Å². The van der Waals surface area contributed by atoms with Crippen LogP contribution in [0.3, 0.4) is 0 Å². The monoisotopic (exact) mass is 823 g/mol. The summed E-state index contributed by atoms with van der Waals surface area (Å²) in [5.74, 6) is 0. The summed E-state index contributed by atoms with van der Waals surface area (Å²) in [5, 5.41) is 0. The summed E-state index contributed by atoms with van der Waals surface area (Å²) in [6.07, 6.45) is 0. The maximum absolute atomic E-state index is 14.2. The van der Waals surface area contributed by atoms with Crippen LogP contribution in [0.15, 0.2) is 109 Å². The first-order valence-corrected chi connectivity index (χ1v) is 26.2. The number of hydrogen-bond donors (Lipinski definition) is 0. The standard InChI is InChI=1S/C33H36F3I2O3S/c1-31(2,3)25-17-21-27(22-18-25)37(28-23-19-26(20-24-28)32(4,5)6)38(29-13-9-7-10-14-29,30-15-11-8-12-16-30)41-42(39,40)33(34,35)36/h7-24H,1-6H3/q+2. The van der Waals surface area contributed by atoms with E-state index in [1.54, 1.807) is 60.7 Å². The molecule has 0 amide bonds. The molecule has 225 valence electrons. The number of benzene rings is 4. The van der Waals surface area contributed by atoms with Crippen molar-refractivity contribution >= 4 is 10.1 Å². The second-order valence-corrected chi connectivity index (χ2v) is 36.4. The molecular formula is C33H36F3I2O3S+2. The first-order chi connectivity index (χ1) is 19.5. The SMILES string of the molecule is CC(C)(C)c1ccc([I+](c2ccc(C(C)(C)C)cc2)[I+](OS(=O)(=O)C(F)(F)F)(c2ccccc2)c2ccccc2)cc1. The van der Waals surface area contributed by atoms with Gasteiger partial charge in [0.2, 0.25) is 0 Å². The fourth-order valence-electron chi connectivity index (χ4n) is 4.17. The average molecular weight is 824 g/mol. The zero-order chi connectivity index (χ0) is 31.0. The topological polar surface area (TPSA) is 43.4 Å². The summed E-state index contributed by atoms with van der Waals surface area (Å²) < 4.78 is 77.2. The Kier molecular flexibility index (Phi) is 9.57. The van der Waals surface area contributed by atoms with Crippen molar-refractivity contribution in [1.29, 1.82) is 0 Å². The van der Waals surface area contributed by atoms with Gasteiger partial charge in [0.15, 0.2) is 0 Å². The quantitative estimate of drug-likeness (QED) is 0.213. The molecule has 1 radical (unpaired) electrons. The van der Waals surface area contributed by atoms with Gasteiger partial charge in [-0.05, 0) is 0 Å². The molecule has 0 N–H and O–H groups in total. The Morgan fingerprint density at radius 1 is 0.571 bits per heavy atom. The van der Waals surface area contributed by atoms with Gasteiger partial charge in [-0.3, -0.25) is 0 Å². The van der Waals surface area contributed by atoms with Gasteiger partial charge < -0.3 is 0 Å². The fourth-order valence-corrected chi connectivity index (χ4v) is 46.1. The molecular weight excluding hydrogens is 787 g/mol. The minimum atomic E-state index is -5.96. The predicted molar refractivity (Wildman–Crippen MR) is 154 cm³/mol. The molecule has 0 spiro atoms. The molecule has 4 aromatic carbocycles. The van der Waals surface area contributed by atoms with Crippen LogP contribution in [0, 0.1) is 14.3 Å². The van der Waals surface area contributed by atoms with Crippen molar-refractivity contribution < 1.29 is 54.8 Å². The molecule has 0 aliphatic heterocycles. The van der Waals surface area contributed by atoms with Crippen LogP contribution in [-0.4, -0.2) is 13.9 Å². The van der Waals surface area contributed by atoms with Crippen molar-refractivity contribution in [1.82, 2.24) is 0 Å². The third-order valence-corrected chi connectivity index (χ3v) is 42.8. The van der Waals surface area contributed by atoms with Crippen molar-refractivity contribution in [3.8, 4) is 0 Å². The van der Waals surface area contributed by atoms with Gasteiger partial charge in [-0.25, -0.2) is 0 Å². The Balaban J connectivity index is 2.14. The van der Waals surface area contributed by atoms with Crippen molar-refractivity contribution in [2.45, 2.75) is 57.9 Å². The first-order valence-electron chi connectivity index (χ1n) is 13.3. The van der Waals surface area contributed by atoms with Crippen LogP contribution in [0.4, 0.5) is 13.2 Å².